The van der Waals surface area contributed by atoms with Crippen molar-refractivity contribution >= 4 is 16.7 Å². The number of imidazole rings is 2. The third-order valence-electron chi connectivity index (χ3n) is 5.61. The van der Waals surface area contributed by atoms with Crippen LogP contribution in [0, 0.1) is 6.92 Å². The molecule has 31 heavy (non-hydrogen) atoms. The lowest BCUT2D eigenvalue weighted by Crippen LogP contribution is -2.39. The summed E-state index contributed by atoms with van der Waals surface area (Å²) in [6, 6.07) is 5.96. The zero-order valence-electron chi connectivity index (χ0n) is 17.4. The third kappa shape index (κ3) is 3.97. The molecular formula is C22H25N7O2. The highest BCUT2D eigenvalue weighted by atomic mass is 16.5. The van der Waals surface area contributed by atoms with Crippen LogP contribution in [0.4, 0.5) is 5.69 Å². The van der Waals surface area contributed by atoms with E-state index in [1.165, 1.54) is 0 Å². The van der Waals surface area contributed by atoms with E-state index in [9.17, 15) is 4.79 Å². The maximum absolute atomic E-state index is 12.7. The second kappa shape index (κ2) is 8.37. The molecule has 0 amide bonds. The molecule has 1 aliphatic heterocycles. The van der Waals surface area contributed by atoms with Crippen molar-refractivity contribution < 1.29 is 4.74 Å². The van der Waals surface area contributed by atoms with Crippen molar-refractivity contribution in [3.05, 3.63) is 59.0 Å². The number of nitrogens with zero attached hydrogens (tertiary/aromatic N) is 4. The number of anilines is 1. The van der Waals surface area contributed by atoms with Gasteiger partial charge < -0.3 is 24.6 Å². The van der Waals surface area contributed by atoms with Gasteiger partial charge >= 0.3 is 0 Å². The molecule has 0 atom stereocenters. The molecule has 0 radical (unpaired) electrons. The van der Waals surface area contributed by atoms with E-state index in [1.807, 2.05) is 29.8 Å². The number of rotatable bonds is 6. The topological polar surface area (TPSA) is 104 Å². The zero-order valence-corrected chi connectivity index (χ0v) is 17.4. The highest BCUT2D eigenvalue weighted by molar-refractivity contribution is 5.86. The fourth-order valence-corrected chi connectivity index (χ4v) is 3.99. The van der Waals surface area contributed by atoms with E-state index >= 15 is 0 Å². The first-order valence-corrected chi connectivity index (χ1v) is 10.4. The van der Waals surface area contributed by atoms with Gasteiger partial charge in [-0.25, -0.2) is 9.97 Å². The van der Waals surface area contributed by atoms with Gasteiger partial charge in [-0.3, -0.25) is 9.69 Å². The molecule has 0 saturated carbocycles. The number of fused-ring (bicyclic) bond motifs is 1. The largest absolute Gasteiger partial charge is 0.383 e. The predicted molar refractivity (Wildman–Crippen MR) is 120 cm³/mol. The van der Waals surface area contributed by atoms with Gasteiger partial charge in [0.25, 0.3) is 5.56 Å². The molecule has 1 saturated heterocycles. The summed E-state index contributed by atoms with van der Waals surface area (Å²) in [5, 5.41) is 3.42. The Morgan fingerprint density at radius 1 is 1.26 bits per heavy atom. The molecule has 0 spiro atoms. The first kappa shape index (κ1) is 19.5. The maximum Gasteiger partial charge on any atom is 0.261 e. The van der Waals surface area contributed by atoms with Crippen LogP contribution < -0.4 is 10.9 Å². The number of aryl methyl sites for hydroxylation is 1. The molecule has 1 aromatic carbocycles. The summed E-state index contributed by atoms with van der Waals surface area (Å²) < 4.78 is 7.35. The number of aromatic nitrogens is 5. The average Bonchev–Trinajstić information content (AvgIpc) is 3.45. The van der Waals surface area contributed by atoms with Gasteiger partial charge in [0.15, 0.2) is 0 Å². The molecule has 4 aromatic rings. The van der Waals surface area contributed by atoms with Crippen molar-refractivity contribution in [1.82, 2.24) is 29.4 Å². The quantitative estimate of drug-likeness (QED) is 0.443. The molecule has 9 heteroatoms. The minimum Gasteiger partial charge on any atom is -0.383 e. The number of pyridine rings is 1. The lowest BCUT2D eigenvalue weighted by Gasteiger charge is -2.26. The van der Waals surface area contributed by atoms with Gasteiger partial charge in [-0.2, -0.15) is 0 Å². The smallest absolute Gasteiger partial charge is 0.261 e. The Hall–Kier alpha value is -3.43. The highest BCUT2D eigenvalue weighted by Gasteiger charge is 2.16. The standard InChI is InChI=1S/C22H25N7O2/c1-15-12-16(29-7-4-23-14-29)13-18-20(15)27-21(26-18)19-17(2-3-25-22(19)30)24-5-6-28-8-10-31-11-9-28/h2-4,7,12-14H,5-6,8-11H2,1H3,(H,26,27)(H2,24,25,30). The van der Waals surface area contributed by atoms with E-state index in [-0.39, 0.29) is 5.56 Å². The molecule has 3 N–H and O–H groups in total. The van der Waals surface area contributed by atoms with Gasteiger partial charge in [0, 0.05) is 50.5 Å². The van der Waals surface area contributed by atoms with E-state index in [1.54, 1.807) is 18.7 Å². The summed E-state index contributed by atoms with van der Waals surface area (Å²) in [6.07, 6.45) is 7.07. The zero-order chi connectivity index (χ0) is 21.2. The number of morpholine rings is 1. The van der Waals surface area contributed by atoms with E-state index in [2.05, 4.69) is 31.2 Å². The van der Waals surface area contributed by atoms with Crippen LogP contribution in [0.5, 0.6) is 0 Å². The highest BCUT2D eigenvalue weighted by Crippen LogP contribution is 2.27. The fraction of sp³-hybridized carbons (Fsp3) is 0.318. The maximum atomic E-state index is 12.7. The van der Waals surface area contributed by atoms with E-state index in [4.69, 9.17) is 9.72 Å². The SMILES string of the molecule is Cc1cc(-n2ccnc2)cc2[nH]c(-c3c(NCCN4CCOCC4)cc[nH]c3=O)nc12. The normalized spacial score (nSPS) is 14.9. The van der Waals surface area contributed by atoms with E-state index < -0.39 is 0 Å². The first-order chi connectivity index (χ1) is 15.2. The molecule has 0 bridgehead atoms. The molecule has 160 valence electrons. The van der Waals surface area contributed by atoms with Gasteiger partial charge in [-0.1, -0.05) is 0 Å². The number of H-pyrrole nitrogens is 2. The van der Waals surface area contributed by atoms with Gasteiger partial charge in [-0.15, -0.1) is 0 Å². The summed E-state index contributed by atoms with van der Waals surface area (Å²) in [7, 11) is 0. The van der Waals surface area contributed by atoms with Gasteiger partial charge in [0.2, 0.25) is 0 Å². The van der Waals surface area contributed by atoms with Crippen LogP contribution in [-0.4, -0.2) is 68.8 Å². The average molecular weight is 419 g/mol. The number of aromatic amines is 2. The van der Waals surface area contributed by atoms with Crippen LogP contribution >= 0.6 is 0 Å². The minimum absolute atomic E-state index is 0.178. The van der Waals surface area contributed by atoms with Gasteiger partial charge in [-0.05, 0) is 30.7 Å². The molecule has 0 aliphatic carbocycles. The first-order valence-electron chi connectivity index (χ1n) is 10.4. The fourth-order valence-electron chi connectivity index (χ4n) is 3.99. The van der Waals surface area contributed by atoms with Gasteiger partial charge in [0.05, 0.1) is 36.3 Å². The Labute approximate surface area is 179 Å². The van der Waals surface area contributed by atoms with Crippen LogP contribution in [-0.2, 0) is 4.74 Å². The Morgan fingerprint density at radius 2 is 2.13 bits per heavy atom. The number of hydrogen-bond acceptors (Lipinski definition) is 6. The van der Waals surface area contributed by atoms with Gasteiger partial charge in [0.1, 0.15) is 11.4 Å². The molecule has 1 aliphatic rings. The van der Waals surface area contributed by atoms with Crippen molar-refractivity contribution in [3.63, 3.8) is 0 Å². The van der Waals surface area contributed by atoms with Crippen LogP contribution in [0.2, 0.25) is 0 Å². The van der Waals surface area contributed by atoms with Crippen molar-refractivity contribution in [2.24, 2.45) is 0 Å². The molecule has 1 fully saturated rings. The summed E-state index contributed by atoms with van der Waals surface area (Å²) >= 11 is 0. The summed E-state index contributed by atoms with van der Waals surface area (Å²) in [5.74, 6) is 0.552. The number of ether oxygens (including phenoxy) is 1. The Kier molecular flexibility index (Phi) is 5.27. The molecule has 9 nitrogen and oxygen atoms in total. The van der Waals surface area contributed by atoms with Crippen LogP contribution in [0.25, 0.3) is 28.1 Å². The lowest BCUT2D eigenvalue weighted by molar-refractivity contribution is 0.0398. The molecule has 3 aromatic heterocycles. The summed E-state index contributed by atoms with van der Waals surface area (Å²) in [6.45, 7) is 7.07. The third-order valence-corrected chi connectivity index (χ3v) is 5.61. The van der Waals surface area contributed by atoms with Crippen molar-refractivity contribution in [2.75, 3.05) is 44.7 Å². The van der Waals surface area contributed by atoms with Crippen LogP contribution in [0.15, 0.2) is 47.9 Å². The predicted octanol–water partition coefficient (Wildman–Crippen LogP) is 2.16. The monoisotopic (exact) mass is 419 g/mol. The summed E-state index contributed by atoms with van der Waals surface area (Å²) in [5.41, 5.74) is 4.85. The second-order valence-corrected chi connectivity index (χ2v) is 7.69. The Bertz CT molecular complexity index is 1240. The molecular weight excluding hydrogens is 394 g/mol. The Morgan fingerprint density at radius 3 is 2.94 bits per heavy atom. The van der Waals surface area contributed by atoms with Crippen LogP contribution in [0.3, 0.4) is 0 Å². The molecule has 4 heterocycles. The van der Waals surface area contributed by atoms with Crippen molar-refractivity contribution in [3.8, 4) is 17.1 Å². The minimum atomic E-state index is -0.178. The van der Waals surface area contributed by atoms with Crippen molar-refractivity contribution in [1.29, 1.82) is 0 Å². The lowest BCUT2D eigenvalue weighted by atomic mass is 10.2. The van der Waals surface area contributed by atoms with E-state index in [0.29, 0.717) is 11.4 Å². The number of nitrogens with one attached hydrogen (secondary N) is 3. The number of benzene rings is 1. The second-order valence-electron chi connectivity index (χ2n) is 7.69. The van der Waals surface area contributed by atoms with Crippen molar-refractivity contribution in [2.45, 2.75) is 6.92 Å². The Balaban J connectivity index is 1.45. The molecule has 0 unspecified atom stereocenters. The summed E-state index contributed by atoms with van der Waals surface area (Å²) in [4.78, 5) is 30.1. The van der Waals surface area contributed by atoms with E-state index in [0.717, 1.165) is 67.4 Å². The van der Waals surface area contributed by atoms with Crippen LogP contribution in [0.1, 0.15) is 5.56 Å². The number of hydrogen-bond donors (Lipinski definition) is 3. The molecule has 5 rings (SSSR count).